The van der Waals surface area contributed by atoms with Crippen molar-refractivity contribution in [3.63, 3.8) is 0 Å². The maximum atomic E-state index is 13.1. The van der Waals surface area contributed by atoms with E-state index in [2.05, 4.69) is 9.88 Å². The number of H-pyrrole nitrogens is 1. The average Bonchev–Trinajstić information content (AvgIpc) is 2.56. The minimum absolute atomic E-state index is 0.0241. The molecule has 23 heavy (non-hydrogen) atoms. The Morgan fingerprint density at radius 3 is 2.57 bits per heavy atom. The van der Waals surface area contributed by atoms with Gasteiger partial charge in [0.05, 0.1) is 11.6 Å². The van der Waals surface area contributed by atoms with Crippen molar-refractivity contribution in [2.24, 2.45) is 0 Å². The van der Waals surface area contributed by atoms with Crippen LogP contribution < -0.4 is 5.56 Å². The average molecular weight is 315 g/mol. The number of likely N-dealkylation sites (N-methyl/N-ethyl adjacent to an activating group) is 1. The topological polar surface area (TPSA) is 56.4 Å². The molecule has 1 atom stereocenters. The molecule has 1 amide bonds. The van der Waals surface area contributed by atoms with Crippen LogP contribution in [0.1, 0.15) is 22.0 Å². The summed E-state index contributed by atoms with van der Waals surface area (Å²) >= 11 is 0. The van der Waals surface area contributed by atoms with Crippen LogP contribution in [0.2, 0.25) is 0 Å². The molecule has 2 heterocycles. The normalized spacial score (nSPS) is 18.9. The van der Waals surface area contributed by atoms with Crippen molar-refractivity contribution < 1.29 is 9.18 Å². The van der Waals surface area contributed by atoms with Gasteiger partial charge in [0.25, 0.3) is 5.91 Å². The number of aromatic nitrogens is 1. The molecule has 1 aromatic heterocycles. The van der Waals surface area contributed by atoms with Crippen LogP contribution in [0.5, 0.6) is 0 Å². The number of amides is 1. The van der Waals surface area contributed by atoms with Gasteiger partial charge < -0.3 is 9.88 Å². The van der Waals surface area contributed by atoms with Gasteiger partial charge in [-0.2, -0.15) is 0 Å². The summed E-state index contributed by atoms with van der Waals surface area (Å²) in [4.78, 5) is 30.1. The first-order valence-electron chi connectivity index (χ1n) is 7.48. The molecule has 1 unspecified atom stereocenters. The number of hydrogen-bond donors (Lipinski definition) is 1. The van der Waals surface area contributed by atoms with Gasteiger partial charge in [-0.05, 0) is 30.8 Å². The molecule has 1 saturated heterocycles. The fraction of sp³-hybridized carbons (Fsp3) is 0.294. The third-order valence-electron chi connectivity index (χ3n) is 4.22. The van der Waals surface area contributed by atoms with Gasteiger partial charge in [0, 0.05) is 31.9 Å². The molecule has 2 aromatic rings. The Morgan fingerprint density at radius 2 is 1.91 bits per heavy atom. The monoisotopic (exact) mass is 315 g/mol. The smallest absolute Gasteiger partial charge is 0.255 e. The van der Waals surface area contributed by atoms with Crippen molar-refractivity contribution in [2.45, 2.75) is 6.04 Å². The minimum Gasteiger partial charge on any atom is -0.335 e. The summed E-state index contributed by atoms with van der Waals surface area (Å²) in [5.41, 5.74) is 1.21. The Morgan fingerprint density at radius 1 is 1.17 bits per heavy atom. The number of rotatable bonds is 2. The van der Waals surface area contributed by atoms with E-state index in [1.807, 2.05) is 7.05 Å². The molecular formula is C17H18FN3O2. The van der Waals surface area contributed by atoms with Gasteiger partial charge in [0.2, 0.25) is 5.56 Å². The van der Waals surface area contributed by atoms with E-state index in [1.165, 1.54) is 30.5 Å². The molecule has 1 fully saturated rings. The predicted molar refractivity (Wildman–Crippen MR) is 84.7 cm³/mol. The Balaban J connectivity index is 1.79. The number of carbonyl (C=O) groups excluding carboxylic acids is 1. The third-order valence-corrected chi connectivity index (χ3v) is 4.22. The summed E-state index contributed by atoms with van der Waals surface area (Å²) in [6.45, 7) is 1.88. The zero-order valence-electron chi connectivity index (χ0n) is 12.8. The van der Waals surface area contributed by atoms with E-state index in [1.54, 1.807) is 17.0 Å². The third kappa shape index (κ3) is 3.32. The second-order valence-electron chi connectivity index (χ2n) is 5.74. The molecule has 0 saturated carbocycles. The largest absolute Gasteiger partial charge is 0.335 e. The van der Waals surface area contributed by atoms with Gasteiger partial charge in [0.1, 0.15) is 5.82 Å². The van der Waals surface area contributed by atoms with Gasteiger partial charge >= 0.3 is 0 Å². The highest BCUT2D eigenvalue weighted by molar-refractivity contribution is 5.94. The summed E-state index contributed by atoms with van der Waals surface area (Å²) < 4.78 is 13.1. The Hall–Kier alpha value is -2.47. The number of pyridine rings is 1. The molecule has 0 radical (unpaired) electrons. The summed E-state index contributed by atoms with van der Waals surface area (Å²) in [6, 6.07) is 9.29. The minimum atomic E-state index is -0.270. The standard InChI is InChI=1S/C17H18FN3O2/c1-20-8-9-21(17(23)13-4-7-16(22)19-10-13)11-15(20)12-2-5-14(18)6-3-12/h2-7,10,15H,8-9,11H2,1H3,(H,19,22). The number of carbonyl (C=O) groups is 1. The molecule has 120 valence electrons. The molecule has 1 aromatic carbocycles. The van der Waals surface area contributed by atoms with Crippen molar-refractivity contribution in [2.75, 3.05) is 26.7 Å². The van der Waals surface area contributed by atoms with Crippen LogP contribution in [0, 0.1) is 5.82 Å². The SMILES string of the molecule is CN1CCN(C(=O)c2ccc(=O)[nH]c2)CC1c1ccc(F)cc1. The summed E-state index contributed by atoms with van der Waals surface area (Å²) in [6.07, 6.45) is 1.44. The van der Waals surface area contributed by atoms with Crippen molar-refractivity contribution in [3.8, 4) is 0 Å². The first kappa shape index (κ1) is 15.4. The zero-order valence-corrected chi connectivity index (χ0v) is 12.8. The van der Waals surface area contributed by atoms with Gasteiger partial charge in [-0.3, -0.25) is 14.5 Å². The quantitative estimate of drug-likeness (QED) is 0.917. The molecule has 1 aliphatic rings. The second-order valence-corrected chi connectivity index (χ2v) is 5.74. The Kier molecular flexibility index (Phi) is 4.25. The molecule has 0 bridgehead atoms. The predicted octanol–water partition coefficient (Wildman–Crippen LogP) is 1.64. The summed E-state index contributed by atoms with van der Waals surface area (Å²) in [7, 11) is 2.00. The number of nitrogens with one attached hydrogen (secondary N) is 1. The van der Waals surface area contributed by atoms with Crippen molar-refractivity contribution in [3.05, 3.63) is 69.9 Å². The second kappa shape index (κ2) is 6.34. The molecule has 0 aliphatic carbocycles. The van der Waals surface area contributed by atoms with Crippen LogP contribution in [0.15, 0.2) is 47.4 Å². The molecule has 0 spiro atoms. The summed E-state index contributed by atoms with van der Waals surface area (Å²) in [5, 5.41) is 0. The molecule has 5 nitrogen and oxygen atoms in total. The van der Waals surface area contributed by atoms with E-state index >= 15 is 0 Å². The fourth-order valence-electron chi connectivity index (χ4n) is 2.83. The fourth-order valence-corrected chi connectivity index (χ4v) is 2.83. The van der Waals surface area contributed by atoms with E-state index in [0.29, 0.717) is 18.7 Å². The van der Waals surface area contributed by atoms with Crippen molar-refractivity contribution >= 4 is 5.91 Å². The highest BCUT2D eigenvalue weighted by Crippen LogP contribution is 2.25. The van der Waals surface area contributed by atoms with Crippen LogP contribution in [-0.4, -0.2) is 47.4 Å². The van der Waals surface area contributed by atoms with Crippen LogP contribution in [-0.2, 0) is 0 Å². The van der Waals surface area contributed by atoms with Crippen LogP contribution >= 0.6 is 0 Å². The van der Waals surface area contributed by atoms with Crippen molar-refractivity contribution in [1.82, 2.24) is 14.8 Å². The lowest BCUT2D eigenvalue weighted by Gasteiger charge is -2.39. The first-order chi connectivity index (χ1) is 11.0. The van der Waals surface area contributed by atoms with Crippen LogP contribution in [0.25, 0.3) is 0 Å². The van der Waals surface area contributed by atoms with E-state index in [9.17, 15) is 14.0 Å². The maximum Gasteiger partial charge on any atom is 0.255 e. The van der Waals surface area contributed by atoms with Crippen LogP contribution in [0.4, 0.5) is 4.39 Å². The van der Waals surface area contributed by atoms with Gasteiger partial charge in [0.15, 0.2) is 0 Å². The molecule has 1 N–H and O–H groups in total. The number of piperazine rings is 1. The molecular weight excluding hydrogens is 297 g/mol. The number of nitrogens with zero attached hydrogens (tertiary/aromatic N) is 2. The number of benzene rings is 1. The lowest BCUT2D eigenvalue weighted by molar-refractivity contribution is 0.0545. The summed E-state index contributed by atoms with van der Waals surface area (Å²) in [5.74, 6) is -0.380. The number of aromatic amines is 1. The molecule has 3 rings (SSSR count). The highest BCUT2D eigenvalue weighted by atomic mass is 19.1. The van der Waals surface area contributed by atoms with E-state index < -0.39 is 0 Å². The van der Waals surface area contributed by atoms with Gasteiger partial charge in [-0.15, -0.1) is 0 Å². The first-order valence-corrected chi connectivity index (χ1v) is 7.48. The zero-order chi connectivity index (χ0) is 16.4. The lowest BCUT2D eigenvalue weighted by Crippen LogP contribution is -2.49. The van der Waals surface area contributed by atoms with E-state index in [0.717, 1.165) is 12.1 Å². The number of hydrogen-bond acceptors (Lipinski definition) is 3. The van der Waals surface area contributed by atoms with E-state index in [4.69, 9.17) is 0 Å². The molecule has 1 aliphatic heterocycles. The van der Waals surface area contributed by atoms with Crippen molar-refractivity contribution in [1.29, 1.82) is 0 Å². The van der Waals surface area contributed by atoms with E-state index in [-0.39, 0.29) is 23.3 Å². The van der Waals surface area contributed by atoms with Crippen LogP contribution in [0.3, 0.4) is 0 Å². The Bertz CT molecular complexity index is 737. The maximum absolute atomic E-state index is 13.1. The number of halogens is 1. The lowest BCUT2D eigenvalue weighted by atomic mass is 10.0. The molecule has 6 heteroatoms. The van der Waals surface area contributed by atoms with Gasteiger partial charge in [-0.25, -0.2) is 4.39 Å². The Labute approximate surface area is 133 Å². The van der Waals surface area contributed by atoms with Gasteiger partial charge in [-0.1, -0.05) is 12.1 Å². The highest BCUT2D eigenvalue weighted by Gasteiger charge is 2.29.